The van der Waals surface area contributed by atoms with E-state index in [9.17, 15) is 20.0 Å². The van der Waals surface area contributed by atoms with Crippen LogP contribution in [0.4, 0.5) is 5.69 Å². The van der Waals surface area contributed by atoms with E-state index < -0.39 is 17.9 Å². The van der Waals surface area contributed by atoms with Crippen LogP contribution in [0.5, 0.6) is 0 Å². The molecule has 10 nitrogen and oxygen atoms in total. The normalized spacial score (nSPS) is 22.1. The third-order valence-corrected chi connectivity index (χ3v) is 8.94. The van der Waals surface area contributed by atoms with E-state index in [1.54, 1.807) is 11.6 Å². The Balaban J connectivity index is 1.34. The number of nitrogens with two attached hydrogens (primary N) is 2. The lowest BCUT2D eigenvalue weighted by molar-refractivity contribution is -0.129. The Morgan fingerprint density at radius 2 is 1.88 bits per heavy atom. The number of fused-ring (bicyclic) bond motifs is 1. The smallest absolute Gasteiger partial charge is 0.248 e. The molecule has 0 spiro atoms. The SMILES string of the molecule is CC(C)=C1CCC(N2CCC(N3C(=O)C(CCNC(=O)[C@@H](O)CCCN=C(N)N)c4cc(C#N)ccc43)CC2)CC1. The number of aliphatic hydroxyl groups excluding tert-OH is 1. The molecule has 0 radical (unpaired) electrons. The molecule has 1 saturated carbocycles. The molecule has 1 aliphatic carbocycles. The number of nitriles is 1. The number of amides is 2. The number of nitrogens with one attached hydrogen (secondary N) is 1. The van der Waals surface area contributed by atoms with Crippen molar-refractivity contribution in [2.45, 2.75) is 95.7 Å². The van der Waals surface area contributed by atoms with Crippen molar-refractivity contribution in [3.05, 3.63) is 40.5 Å². The van der Waals surface area contributed by atoms with Crippen molar-refractivity contribution in [3.63, 3.8) is 0 Å². The lowest BCUT2D eigenvalue weighted by Gasteiger charge is -2.42. The van der Waals surface area contributed by atoms with Gasteiger partial charge in [0, 0.05) is 44.0 Å². The molecule has 41 heavy (non-hydrogen) atoms. The third-order valence-electron chi connectivity index (χ3n) is 8.94. The summed E-state index contributed by atoms with van der Waals surface area (Å²) in [7, 11) is 0. The number of aliphatic hydroxyl groups is 1. The maximum Gasteiger partial charge on any atom is 0.248 e. The van der Waals surface area contributed by atoms with Gasteiger partial charge in [0.2, 0.25) is 11.8 Å². The number of hydrogen-bond donors (Lipinski definition) is 4. The molecule has 1 aromatic rings. The first-order chi connectivity index (χ1) is 19.7. The number of nitrogens with zero attached hydrogens (tertiary/aromatic N) is 4. The Morgan fingerprint density at radius 3 is 2.51 bits per heavy atom. The van der Waals surface area contributed by atoms with Crippen LogP contribution in [0.15, 0.2) is 34.3 Å². The maximum absolute atomic E-state index is 13.8. The molecular weight excluding hydrogens is 518 g/mol. The Bertz CT molecular complexity index is 1190. The molecule has 4 rings (SSSR count). The maximum atomic E-state index is 13.8. The van der Waals surface area contributed by atoms with Crippen molar-refractivity contribution < 1.29 is 14.7 Å². The minimum Gasteiger partial charge on any atom is -0.383 e. The highest BCUT2D eigenvalue weighted by Gasteiger charge is 2.42. The highest BCUT2D eigenvalue weighted by atomic mass is 16.3. The lowest BCUT2D eigenvalue weighted by Crippen LogP contribution is -2.50. The number of anilines is 1. The largest absolute Gasteiger partial charge is 0.383 e. The van der Waals surface area contributed by atoms with Gasteiger partial charge in [0.15, 0.2) is 5.96 Å². The Kier molecular flexibility index (Phi) is 10.4. The summed E-state index contributed by atoms with van der Waals surface area (Å²) in [5, 5.41) is 22.4. The zero-order valence-electron chi connectivity index (χ0n) is 24.4. The van der Waals surface area contributed by atoms with Crippen LogP contribution < -0.4 is 21.7 Å². The number of aliphatic imine (C=N–C) groups is 1. The number of carbonyl (C=O) groups is 2. The van der Waals surface area contributed by atoms with E-state index in [0.29, 0.717) is 31.0 Å². The highest BCUT2D eigenvalue weighted by molar-refractivity contribution is 6.05. The number of hydrogen-bond acceptors (Lipinski definition) is 6. The molecule has 0 bridgehead atoms. The van der Waals surface area contributed by atoms with Gasteiger partial charge in [-0.3, -0.25) is 14.6 Å². The Morgan fingerprint density at radius 1 is 1.17 bits per heavy atom. The molecule has 2 amide bonds. The topological polar surface area (TPSA) is 161 Å². The second-order valence-electron chi connectivity index (χ2n) is 11.8. The monoisotopic (exact) mass is 563 g/mol. The first kappa shape index (κ1) is 30.5. The lowest BCUT2D eigenvalue weighted by atomic mass is 9.86. The molecule has 10 heteroatoms. The molecule has 2 atom stereocenters. The van der Waals surface area contributed by atoms with Crippen molar-refractivity contribution in [2.75, 3.05) is 31.1 Å². The van der Waals surface area contributed by atoms with Crippen molar-refractivity contribution in [1.29, 1.82) is 5.26 Å². The van der Waals surface area contributed by atoms with Crippen LogP contribution in [0.3, 0.4) is 0 Å². The number of piperidine rings is 1. The zero-order valence-corrected chi connectivity index (χ0v) is 24.4. The summed E-state index contributed by atoms with van der Waals surface area (Å²) < 4.78 is 0. The predicted molar refractivity (Wildman–Crippen MR) is 160 cm³/mol. The summed E-state index contributed by atoms with van der Waals surface area (Å²) in [6, 6.07) is 8.43. The summed E-state index contributed by atoms with van der Waals surface area (Å²) in [5.41, 5.74) is 15.9. The van der Waals surface area contributed by atoms with Gasteiger partial charge in [-0.1, -0.05) is 11.1 Å². The van der Waals surface area contributed by atoms with Crippen molar-refractivity contribution in [1.82, 2.24) is 10.2 Å². The van der Waals surface area contributed by atoms with Crippen LogP contribution in [0.1, 0.15) is 88.7 Å². The quantitative estimate of drug-likeness (QED) is 0.147. The summed E-state index contributed by atoms with van der Waals surface area (Å²) in [4.78, 5) is 34.7. The molecule has 222 valence electrons. The molecule has 6 N–H and O–H groups in total. The summed E-state index contributed by atoms with van der Waals surface area (Å²) >= 11 is 0. The van der Waals surface area contributed by atoms with Gasteiger partial charge in [0.1, 0.15) is 6.10 Å². The van der Waals surface area contributed by atoms with E-state index >= 15 is 0 Å². The Labute approximate surface area is 243 Å². The fourth-order valence-electron chi connectivity index (χ4n) is 6.60. The van der Waals surface area contributed by atoms with Crippen LogP contribution in [0.2, 0.25) is 0 Å². The van der Waals surface area contributed by atoms with Crippen LogP contribution in [0, 0.1) is 11.3 Å². The molecule has 2 heterocycles. The van der Waals surface area contributed by atoms with Crippen molar-refractivity contribution >= 4 is 23.5 Å². The minimum absolute atomic E-state index is 0.0212. The average molecular weight is 564 g/mol. The van der Waals surface area contributed by atoms with Crippen LogP contribution in [0.25, 0.3) is 0 Å². The molecule has 1 unspecified atom stereocenters. The number of rotatable bonds is 10. The predicted octanol–water partition coefficient (Wildman–Crippen LogP) is 2.65. The second kappa shape index (κ2) is 14.0. The van der Waals surface area contributed by atoms with Gasteiger partial charge in [-0.2, -0.15) is 5.26 Å². The molecule has 2 fully saturated rings. The number of benzene rings is 1. The number of likely N-dealkylation sites (tertiary alicyclic amines) is 1. The standard InChI is InChI=1S/C31H45N7O3/c1-20(2)22-6-8-23(9-7-22)37-16-12-24(13-17-37)38-27-10-5-21(19-32)18-26(27)25(30(38)41)11-15-35-29(40)28(39)4-3-14-36-31(33)34/h5,10,18,23-25,28,39H,3-4,6-9,11-17H2,1-2H3,(H,35,40)(H4,33,34,36)/t25?,28-/m0/s1. The van der Waals surface area contributed by atoms with E-state index in [2.05, 4.69) is 35.1 Å². The first-order valence-electron chi connectivity index (χ1n) is 15.0. The number of guanidine groups is 1. The Hall–Kier alpha value is -3.42. The number of carbonyl (C=O) groups excluding carboxylic acids is 2. The zero-order chi connectivity index (χ0) is 29.5. The molecule has 2 aliphatic heterocycles. The van der Waals surface area contributed by atoms with E-state index in [-0.39, 0.29) is 30.9 Å². The number of allylic oxidation sites excluding steroid dienone is 2. The van der Waals surface area contributed by atoms with Gasteiger partial charge in [0.05, 0.1) is 17.6 Å². The van der Waals surface area contributed by atoms with Gasteiger partial charge >= 0.3 is 0 Å². The van der Waals surface area contributed by atoms with E-state index in [1.165, 1.54) is 31.3 Å². The molecule has 1 aromatic carbocycles. The fraction of sp³-hybridized carbons (Fsp3) is 0.613. The van der Waals surface area contributed by atoms with Gasteiger partial charge in [-0.15, -0.1) is 0 Å². The van der Waals surface area contributed by atoms with Crippen LogP contribution in [-0.4, -0.2) is 72.1 Å². The first-order valence-corrected chi connectivity index (χ1v) is 15.0. The van der Waals surface area contributed by atoms with Crippen LogP contribution in [-0.2, 0) is 9.59 Å². The molecule has 3 aliphatic rings. The minimum atomic E-state index is -1.17. The van der Waals surface area contributed by atoms with E-state index in [0.717, 1.165) is 37.2 Å². The van der Waals surface area contributed by atoms with Crippen LogP contribution >= 0.6 is 0 Å². The summed E-state index contributed by atoms with van der Waals surface area (Å²) in [6.07, 6.45) is 6.61. The van der Waals surface area contributed by atoms with Gasteiger partial charge in [0.25, 0.3) is 0 Å². The molecular formula is C31H45N7O3. The molecule has 0 aromatic heterocycles. The van der Waals surface area contributed by atoms with Gasteiger partial charge < -0.3 is 31.7 Å². The van der Waals surface area contributed by atoms with E-state index in [4.69, 9.17) is 11.5 Å². The van der Waals surface area contributed by atoms with Gasteiger partial charge in [-0.25, -0.2) is 0 Å². The molecule has 1 saturated heterocycles. The second-order valence-corrected chi connectivity index (χ2v) is 11.8. The van der Waals surface area contributed by atoms with Crippen molar-refractivity contribution in [2.24, 2.45) is 16.5 Å². The van der Waals surface area contributed by atoms with Gasteiger partial charge in [-0.05, 0) is 95.4 Å². The van der Waals surface area contributed by atoms with E-state index in [1.807, 2.05) is 17.0 Å². The summed E-state index contributed by atoms with van der Waals surface area (Å²) in [5.74, 6) is -0.898. The third kappa shape index (κ3) is 7.46. The average Bonchev–Trinajstić information content (AvgIpc) is 3.25. The summed E-state index contributed by atoms with van der Waals surface area (Å²) in [6.45, 7) is 6.99. The highest BCUT2D eigenvalue weighted by Crippen LogP contribution is 2.42. The fourth-order valence-corrected chi connectivity index (χ4v) is 6.60. The van der Waals surface area contributed by atoms with Crippen molar-refractivity contribution in [3.8, 4) is 6.07 Å².